The number of hydrogen-bond donors (Lipinski definition) is 1. The van der Waals surface area contributed by atoms with E-state index in [2.05, 4.69) is 76.0 Å². The lowest BCUT2D eigenvalue weighted by molar-refractivity contribution is 0.210. The Kier molecular flexibility index (Phi) is 3.60. The summed E-state index contributed by atoms with van der Waals surface area (Å²) in [7, 11) is 2.01. The highest BCUT2D eigenvalue weighted by Gasteiger charge is 2.37. The van der Waals surface area contributed by atoms with Crippen LogP contribution in [0.2, 0.25) is 0 Å². The van der Waals surface area contributed by atoms with Gasteiger partial charge < -0.3 is 0 Å². The predicted octanol–water partition coefficient (Wildman–Crippen LogP) is 2.59. The minimum atomic E-state index is 0.268. The summed E-state index contributed by atoms with van der Waals surface area (Å²) >= 11 is 0. The van der Waals surface area contributed by atoms with Crippen LogP contribution in [0.3, 0.4) is 0 Å². The van der Waals surface area contributed by atoms with Crippen molar-refractivity contribution in [1.82, 2.24) is 15.3 Å². The molecule has 1 aliphatic rings. The molecule has 0 aromatic heterocycles. The minimum Gasteiger partial charge on any atom is -0.300 e. The molecule has 1 heterocycles. The standard InChI is InChI=1S/C16H19N3/c1-17-16(15-10-6-3-7-11-15)19-13-18(19)12-14-8-4-2-5-9-14/h2-11,16-17H,12-13H2,1H3/t16?,18-,19-/m0/s1. The minimum absolute atomic E-state index is 0.268. The van der Waals surface area contributed by atoms with Crippen LogP contribution in [0.4, 0.5) is 0 Å². The fourth-order valence-electron chi connectivity index (χ4n) is 2.44. The van der Waals surface area contributed by atoms with E-state index in [0.29, 0.717) is 0 Å². The van der Waals surface area contributed by atoms with Gasteiger partial charge in [0, 0.05) is 6.54 Å². The molecule has 1 saturated heterocycles. The van der Waals surface area contributed by atoms with Crippen LogP contribution in [0.5, 0.6) is 0 Å². The van der Waals surface area contributed by atoms with Crippen molar-refractivity contribution in [3.05, 3.63) is 71.8 Å². The topological polar surface area (TPSA) is 18.0 Å². The fourth-order valence-corrected chi connectivity index (χ4v) is 2.44. The molecule has 1 unspecified atom stereocenters. The van der Waals surface area contributed by atoms with Crippen LogP contribution in [0.25, 0.3) is 0 Å². The van der Waals surface area contributed by atoms with Gasteiger partial charge in [-0.3, -0.25) is 5.32 Å². The molecular weight excluding hydrogens is 234 g/mol. The van der Waals surface area contributed by atoms with E-state index < -0.39 is 0 Å². The normalized spacial score (nSPS) is 23.0. The zero-order valence-corrected chi connectivity index (χ0v) is 11.2. The van der Waals surface area contributed by atoms with E-state index in [9.17, 15) is 0 Å². The molecule has 3 rings (SSSR count). The maximum Gasteiger partial charge on any atom is 0.101 e. The summed E-state index contributed by atoms with van der Waals surface area (Å²) in [6.07, 6.45) is 0.268. The van der Waals surface area contributed by atoms with Crippen molar-refractivity contribution in [2.75, 3.05) is 13.7 Å². The molecule has 3 heteroatoms. The molecule has 0 saturated carbocycles. The highest BCUT2D eigenvalue weighted by atomic mass is 15.8. The first kappa shape index (κ1) is 12.4. The zero-order chi connectivity index (χ0) is 13.1. The fraction of sp³-hybridized carbons (Fsp3) is 0.250. The third kappa shape index (κ3) is 2.84. The summed E-state index contributed by atoms with van der Waals surface area (Å²) in [5.74, 6) is 0. The van der Waals surface area contributed by atoms with Gasteiger partial charge in [0.1, 0.15) is 6.17 Å². The summed E-state index contributed by atoms with van der Waals surface area (Å²) in [5.41, 5.74) is 2.66. The molecule has 0 bridgehead atoms. The molecular formula is C16H19N3. The molecule has 0 amide bonds. The van der Waals surface area contributed by atoms with Gasteiger partial charge in [0.05, 0.1) is 6.67 Å². The highest BCUT2D eigenvalue weighted by Crippen LogP contribution is 2.29. The van der Waals surface area contributed by atoms with Gasteiger partial charge in [-0.15, -0.1) is 0 Å². The van der Waals surface area contributed by atoms with Crippen LogP contribution in [0, 0.1) is 0 Å². The summed E-state index contributed by atoms with van der Waals surface area (Å²) < 4.78 is 0. The van der Waals surface area contributed by atoms with Crippen LogP contribution in [0.15, 0.2) is 60.7 Å². The van der Waals surface area contributed by atoms with Gasteiger partial charge in [-0.2, -0.15) is 0 Å². The third-order valence-electron chi connectivity index (χ3n) is 3.48. The van der Waals surface area contributed by atoms with Crippen LogP contribution in [0.1, 0.15) is 17.3 Å². The molecule has 0 radical (unpaired) electrons. The van der Waals surface area contributed by atoms with E-state index in [1.165, 1.54) is 11.1 Å². The van der Waals surface area contributed by atoms with Gasteiger partial charge in [0.25, 0.3) is 0 Å². The highest BCUT2D eigenvalue weighted by molar-refractivity contribution is 5.19. The molecule has 1 fully saturated rings. The largest absolute Gasteiger partial charge is 0.300 e. The quantitative estimate of drug-likeness (QED) is 0.826. The third-order valence-corrected chi connectivity index (χ3v) is 3.48. The Bertz CT molecular complexity index is 512. The van der Waals surface area contributed by atoms with E-state index in [1.807, 2.05) is 7.05 Å². The molecule has 19 heavy (non-hydrogen) atoms. The Hall–Kier alpha value is -1.68. The second-order valence-electron chi connectivity index (χ2n) is 4.83. The maximum absolute atomic E-state index is 3.38. The second-order valence-corrected chi connectivity index (χ2v) is 4.83. The number of hydrogen-bond acceptors (Lipinski definition) is 3. The van der Waals surface area contributed by atoms with E-state index >= 15 is 0 Å². The van der Waals surface area contributed by atoms with E-state index in [-0.39, 0.29) is 6.17 Å². The summed E-state index contributed by atoms with van der Waals surface area (Å²) in [5, 5.41) is 8.08. The van der Waals surface area contributed by atoms with Gasteiger partial charge in [0.2, 0.25) is 0 Å². The van der Waals surface area contributed by atoms with Gasteiger partial charge in [-0.25, -0.2) is 10.0 Å². The van der Waals surface area contributed by atoms with Gasteiger partial charge >= 0.3 is 0 Å². The monoisotopic (exact) mass is 253 g/mol. The summed E-state index contributed by atoms with van der Waals surface area (Å²) in [4.78, 5) is 0. The predicted molar refractivity (Wildman–Crippen MR) is 76.9 cm³/mol. The first-order chi connectivity index (χ1) is 9.38. The lowest BCUT2D eigenvalue weighted by Gasteiger charge is -2.18. The van der Waals surface area contributed by atoms with Crippen LogP contribution < -0.4 is 5.32 Å². The van der Waals surface area contributed by atoms with Crippen molar-refractivity contribution in [2.45, 2.75) is 12.7 Å². The molecule has 0 aliphatic carbocycles. The van der Waals surface area contributed by atoms with Crippen molar-refractivity contribution in [1.29, 1.82) is 0 Å². The number of nitrogens with one attached hydrogen (secondary N) is 1. The first-order valence-electron chi connectivity index (χ1n) is 6.66. The number of hydrazine groups is 1. The Morgan fingerprint density at radius 2 is 1.63 bits per heavy atom. The molecule has 2 aromatic carbocycles. The van der Waals surface area contributed by atoms with Crippen LogP contribution >= 0.6 is 0 Å². The van der Waals surface area contributed by atoms with Crippen molar-refractivity contribution < 1.29 is 0 Å². The molecule has 2 aromatic rings. The molecule has 0 spiro atoms. The van der Waals surface area contributed by atoms with E-state index in [1.54, 1.807) is 0 Å². The Balaban J connectivity index is 1.65. The molecule has 1 aliphatic heterocycles. The van der Waals surface area contributed by atoms with Gasteiger partial charge in [-0.05, 0) is 18.2 Å². The Morgan fingerprint density at radius 3 is 2.26 bits per heavy atom. The van der Waals surface area contributed by atoms with Crippen molar-refractivity contribution in [3.63, 3.8) is 0 Å². The van der Waals surface area contributed by atoms with E-state index in [0.717, 1.165) is 13.2 Å². The number of benzene rings is 2. The Labute approximate surface area is 114 Å². The van der Waals surface area contributed by atoms with Crippen LogP contribution in [-0.2, 0) is 6.54 Å². The van der Waals surface area contributed by atoms with Gasteiger partial charge in [-0.1, -0.05) is 60.7 Å². The molecule has 3 nitrogen and oxygen atoms in total. The number of nitrogens with zero attached hydrogens (tertiary/aromatic N) is 2. The lowest BCUT2D eigenvalue weighted by Crippen LogP contribution is -2.26. The first-order valence-corrected chi connectivity index (χ1v) is 6.66. The van der Waals surface area contributed by atoms with Crippen molar-refractivity contribution in [2.24, 2.45) is 0 Å². The summed E-state index contributed by atoms with van der Waals surface area (Å²) in [6.45, 7) is 1.99. The zero-order valence-electron chi connectivity index (χ0n) is 11.2. The van der Waals surface area contributed by atoms with Gasteiger partial charge in [0.15, 0.2) is 0 Å². The SMILES string of the molecule is CNC(c1ccccc1)[N@]1C[N@]1Cc1ccccc1. The molecule has 1 N–H and O–H groups in total. The van der Waals surface area contributed by atoms with Crippen molar-refractivity contribution in [3.8, 4) is 0 Å². The smallest absolute Gasteiger partial charge is 0.101 e. The van der Waals surface area contributed by atoms with Crippen molar-refractivity contribution >= 4 is 0 Å². The van der Waals surface area contributed by atoms with Crippen LogP contribution in [-0.4, -0.2) is 23.7 Å². The average molecular weight is 253 g/mol. The average Bonchev–Trinajstić information content (AvgIpc) is 3.21. The lowest BCUT2D eigenvalue weighted by atomic mass is 10.2. The number of rotatable bonds is 5. The summed E-state index contributed by atoms with van der Waals surface area (Å²) in [6, 6.07) is 21.2. The molecule has 98 valence electrons. The maximum atomic E-state index is 3.38. The Morgan fingerprint density at radius 1 is 1.00 bits per heavy atom. The second kappa shape index (κ2) is 5.53. The van der Waals surface area contributed by atoms with E-state index in [4.69, 9.17) is 0 Å². The molecule has 3 atom stereocenters.